The maximum absolute atomic E-state index is 14.3. The van der Waals surface area contributed by atoms with E-state index in [1.165, 1.54) is 0 Å². The van der Waals surface area contributed by atoms with E-state index < -0.39 is 5.41 Å². The van der Waals surface area contributed by atoms with E-state index in [2.05, 4.69) is 40.7 Å². The molecule has 1 aromatic heterocycles. The lowest BCUT2D eigenvalue weighted by Crippen LogP contribution is -2.62. The molecule has 2 saturated carbocycles. The van der Waals surface area contributed by atoms with Crippen LogP contribution in [0.25, 0.3) is 16.9 Å². The van der Waals surface area contributed by atoms with Crippen LogP contribution in [0.2, 0.25) is 0 Å². The van der Waals surface area contributed by atoms with Crippen molar-refractivity contribution in [3.63, 3.8) is 0 Å². The number of carbonyl (C=O) groups is 1. The Morgan fingerprint density at radius 3 is 2.44 bits per heavy atom. The van der Waals surface area contributed by atoms with Gasteiger partial charge < -0.3 is 19.7 Å². The third kappa shape index (κ3) is 3.82. The number of para-hydroxylation sites is 1. The molecule has 0 radical (unpaired) electrons. The zero-order valence-corrected chi connectivity index (χ0v) is 23.3. The van der Waals surface area contributed by atoms with Gasteiger partial charge in [-0.15, -0.1) is 0 Å². The second-order valence-corrected chi connectivity index (χ2v) is 12.3. The molecule has 4 aliphatic rings. The monoisotopic (exact) mass is 546 g/mol. The Morgan fingerprint density at radius 2 is 1.78 bits per heavy atom. The van der Waals surface area contributed by atoms with Gasteiger partial charge in [-0.2, -0.15) is 5.10 Å². The van der Waals surface area contributed by atoms with Crippen LogP contribution in [-0.4, -0.2) is 42.0 Å². The molecule has 3 heterocycles. The molecule has 0 bridgehead atoms. The highest BCUT2D eigenvalue weighted by molar-refractivity contribution is 6.10. The van der Waals surface area contributed by atoms with Gasteiger partial charge in [-0.25, -0.2) is 4.68 Å². The quantitative estimate of drug-likeness (QED) is 0.325. The van der Waals surface area contributed by atoms with E-state index in [0.29, 0.717) is 12.0 Å². The number of ether oxygens (including phenoxy) is 2. The summed E-state index contributed by atoms with van der Waals surface area (Å²) >= 11 is 0. The molecule has 4 aromatic rings. The van der Waals surface area contributed by atoms with E-state index in [9.17, 15) is 4.79 Å². The molecule has 208 valence electrons. The summed E-state index contributed by atoms with van der Waals surface area (Å²) in [7, 11) is 1.67. The Bertz CT molecular complexity index is 1610. The molecule has 1 saturated heterocycles. The summed E-state index contributed by atoms with van der Waals surface area (Å²) in [5.41, 5.74) is 6.07. The van der Waals surface area contributed by atoms with Crippen LogP contribution in [0.3, 0.4) is 0 Å². The molecule has 8 rings (SSSR count). The average Bonchev–Trinajstić information content (AvgIpc) is 3.51. The number of carbonyl (C=O) groups excluding carboxylic acids is 1. The lowest BCUT2D eigenvalue weighted by molar-refractivity contribution is -0.126. The van der Waals surface area contributed by atoms with Gasteiger partial charge in [0.25, 0.3) is 0 Å². The summed E-state index contributed by atoms with van der Waals surface area (Å²) in [4.78, 5) is 16.3. The minimum Gasteiger partial charge on any atom is -0.497 e. The fourth-order valence-corrected chi connectivity index (χ4v) is 7.27. The van der Waals surface area contributed by atoms with Crippen molar-refractivity contribution in [3.05, 3.63) is 90.1 Å². The summed E-state index contributed by atoms with van der Waals surface area (Å²) in [6, 6.07) is 24.6. The standard InChI is InChI=1S/C34H34N4O3/c1-40-26-10-8-23(9-11-26)20-37-31-28(34(32(37)39)13-5-14-34)16-24(17-30(31)41-27-18-33(19-27)21-35-22-33)29-12-15-36-38(29)25-6-3-2-4-7-25/h2-4,6-12,15-17,27,35H,5,13-14,18-22H2,1H3. The predicted molar refractivity (Wildman–Crippen MR) is 158 cm³/mol. The number of nitrogens with one attached hydrogen (secondary N) is 1. The number of hydrogen-bond acceptors (Lipinski definition) is 5. The van der Waals surface area contributed by atoms with E-state index in [1.807, 2.05) is 58.2 Å². The third-order valence-electron chi connectivity index (χ3n) is 9.78. The van der Waals surface area contributed by atoms with Crippen LogP contribution in [0, 0.1) is 5.41 Å². The topological polar surface area (TPSA) is 68.6 Å². The summed E-state index contributed by atoms with van der Waals surface area (Å²) in [6.45, 7) is 2.66. The maximum Gasteiger partial charge on any atom is 0.238 e. The number of aromatic nitrogens is 2. The Kier molecular flexibility index (Phi) is 5.54. The lowest BCUT2D eigenvalue weighted by Gasteiger charge is -2.53. The van der Waals surface area contributed by atoms with Crippen molar-refractivity contribution in [3.8, 4) is 28.4 Å². The van der Waals surface area contributed by atoms with Gasteiger partial charge in [0.1, 0.15) is 17.6 Å². The second kappa shape index (κ2) is 9.21. The molecule has 0 atom stereocenters. The van der Waals surface area contributed by atoms with Gasteiger partial charge in [0, 0.05) is 24.1 Å². The zero-order chi connectivity index (χ0) is 27.6. The van der Waals surface area contributed by atoms with Gasteiger partial charge in [-0.05, 0) is 79.3 Å². The number of hydrogen-bond donors (Lipinski definition) is 1. The average molecular weight is 547 g/mol. The number of nitrogens with zero attached hydrogens (tertiary/aromatic N) is 3. The Balaban J connectivity index is 1.24. The first kappa shape index (κ1) is 24.7. The van der Waals surface area contributed by atoms with Crippen LogP contribution >= 0.6 is 0 Å². The molecule has 1 N–H and O–H groups in total. The number of rotatable bonds is 7. The Labute approximate surface area is 240 Å². The second-order valence-electron chi connectivity index (χ2n) is 12.3. The number of amides is 1. The number of anilines is 1. The molecule has 0 unspecified atom stereocenters. The van der Waals surface area contributed by atoms with Crippen molar-refractivity contribution >= 4 is 11.6 Å². The van der Waals surface area contributed by atoms with E-state index in [-0.39, 0.29) is 12.0 Å². The molecule has 1 amide bonds. The largest absolute Gasteiger partial charge is 0.497 e. The van der Waals surface area contributed by atoms with Crippen molar-refractivity contribution < 1.29 is 14.3 Å². The highest BCUT2D eigenvalue weighted by Crippen LogP contribution is 2.58. The number of benzene rings is 3. The summed E-state index contributed by atoms with van der Waals surface area (Å²) < 4.78 is 14.2. The van der Waals surface area contributed by atoms with Crippen LogP contribution in [-0.2, 0) is 16.8 Å². The summed E-state index contributed by atoms with van der Waals surface area (Å²) in [6.07, 6.45) is 6.91. The third-order valence-corrected chi connectivity index (χ3v) is 9.78. The van der Waals surface area contributed by atoms with E-state index >= 15 is 0 Å². The van der Waals surface area contributed by atoms with E-state index in [1.54, 1.807) is 7.11 Å². The van der Waals surface area contributed by atoms with Gasteiger partial charge in [0.2, 0.25) is 5.91 Å². The smallest absolute Gasteiger partial charge is 0.238 e. The van der Waals surface area contributed by atoms with Crippen molar-refractivity contribution in [1.82, 2.24) is 15.1 Å². The minimum atomic E-state index is -0.480. The van der Waals surface area contributed by atoms with Crippen LogP contribution < -0.4 is 19.7 Å². The van der Waals surface area contributed by atoms with Gasteiger partial charge in [0.05, 0.1) is 42.3 Å². The van der Waals surface area contributed by atoms with Gasteiger partial charge in [0.15, 0.2) is 0 Å². The molecule has 3 fully saturated rings. The molecule has 7 nitrogen and oxygen atoms in total. The SMILES string of the molecule is COc1ccc(CN2C(=O)C3(CCC3)c3cc(-c4ccnn4-c4ccccc4)cc(OC4CC5(CNC5)C4)c32)cc1. The highest BCUT2D eigenvalue weighted by Gasteiger charge is 2.56. The van der Waals surface area contributed by atoms with Crippen LogP contribution in [0.1, 0.15) is 43.2 Å². The molecular formula is C34H34N4O3. The van der Waals surface area contributed by atoms with Gasteiger partial charge in [-0.1, -0.05) is 36.8 Å². The van der Waals surface area contributed by atoms with Crippen molar-refractivity contribution in [2.45, 2.75) is 50.2 Å². The van der Waals surface area contributed by atoms with E-state index in [4.69, 9.17) is 9.47 Å². The minimum absolute atomic E-state index is 0.159. The first-order valence-corrected chi connectivity index (χ1v) is 14.7. The molecule has 2 aliphatic carbocycles. The maximum atomic E-state index is 14.3. The Morgan fingerprint density at radius 1 is 1.00 bits per heavy atom. The fourth-order valence-electron chi connectivity index (χ4n) is 7.27. The van der Waals surface area contributed by atoms with Gasteiger partial charge >= 0.3 is 0 Å². The van der Waals surface area contributed by atoms with Crippen LogP contribution in [0.15, 0.2) is 79.0 Å². The van der Waals surface area contributed by atoms with Crippen molar-refractivity contribution in [1.29, 1.82) is 0 Å². The first-order valence-electron chi connectivity index (χ1n) is 14.7. The molecular weight excluding hydrogens is 512 g/mol. The fraction of sp³-hybridized carbons (Fsp3) is 0.353. The predicted octanol–water partition coefficient (Wildman–Crippen LogP) is 5.65. The molecule has 2 aliphatic heterocycles. The summed E-state index contributed by atoms with van der Waals surface area (Å²) in [5.74, 6) is 1.82. The zero-order valence-electron chi connectivity index (χ0n) is 23.3. The van der Waals surface area contributed by atoms with E-state index in [0.717, 1.165) is 90.5 Å². The molecule has 3 aromatic carbocycles. The van der Waals surface area contributed by atoms with Crippen LogP contribution in [0.4, 0.5) is 5.69 Å². The first-order chi connectivity index (χ1) is 20.1. The molecule has 2 spiro atoms. The summed E-state index contributed by atoms with van der Waals surface area (Å²) in [5, 5.41) is 8.09. The van der Waals surface area contributed by atoms with Crippen molar-refractivity contribution in [2.75, 3.05) is 25.1 Å². The molecule has 41 heavy (non-hydrogen) atoms. The van der Waals surface area contributed by atoms with Crippen molar-refractivity contribution in [2.24, 2.45) is 5.41 Å². The molecule has 7 heteroatoms. The lowest BCUT2D eigenvalue weighted by atomic mass is 9.63. The number of methoxy groups -OCH3 is 1. The van der Waals surface area contributed by atoms with Gasteiger partial charge in [-0.3, -0.25) is 4.79 Å². The highest BCUT2D eigenvalue weighted by atomic mass is 16.5. The number of fused-ring (bicyclic) bond motifs is 2. The van der Waals surface area contributed by atoms with Crippen LogP contribution in [0.5, 0.6) is 11.5 Å². The Hall–Kier alpha value is -4.10. The normalized spacial score (nSPS) is 19.9.